The van der Waals surface area contributed by atoms with Crippen molar-refractivity contribution in [3.8, 4) is 0 Å². The molecule has 0 spiro atoms. The molecule has 2 heterocycles. The lowest BCUT2D eigenvalue weighted by Gasteiger charge is -2.11. The summed E-state index contributed by atoms with van der Waals surface area (Å²) in [7, 11) is 1.96. The number of halogens is 1. The van der Waals surface area contributed by atoms with Gasteiger partial charge < -0.3 is 15.2 Å². The molecule has 25 heavy (non-hydrogen) atoms. The summed E-state index contributed by atoms with van der Waals surface area (Å²) in [5, 5.41) is 16.0. The first-order valence-electron chi connectivity index (χ1n) is 8.44. The van der Waals surface area contributed by atoms with Crippen molar-refractivity contribution in [2.45, 2.75) is 53.1 Å². The Labute approximate surface area is 170 Å². The highest BCUT2D eigenvalue weighted by Crippen LogP contribution is 2.12. The zero-order valence-corrected chi connectivity index (χ0v) is 18.5. The topological polar surface area (TPSA) is 80.0 Å². The summed E-state index contributed by atoms with van der Waals surface area (Å²) < 4.78 is 1.96. The quantitative estimate of drug-likeness (QED) is 0.265. The number of guanidine groups is 1. The lowest BCUT2D eigenvalue weighted by molar-refractivity contribution is 0.715. The molecule has 0 saturated heterocycles. The van der Waals surface area contributed by atoms with E-state index in [1.54, 1.807) is 11.3 Å². The lowest BCUT2D eigenvalue weighted by atomic mass is 10.3. The SMILES string of the molecule is CCCCNC(=NCc1nnc(C)n1C)NCc1ncc(CC)s1.I. The van der Waals surface area contributed by atoms with E-state index in [0.717, 1.165) is 48.4 Å². The monoisotopic (exact) mass is 477 g/mol. The first kappa shape index (κ1) is 21.8. The molecule has 2 aromatic rings. The molecule has 0 bridgehead atoms. The van der Waals surface area contributed by atoms with Gasteiger partial charge in [0, 0.05) is 24.7 Å². The molecular formula is C16H28IN7S. The van der Waals surface area contributed by atoms with Crippen LogP contribution in [0.5, 0.6) is 0 Å². The van der Waals surface area contributed by atoms with Crippen LogP contribution in [0.1, 0.15) is 48.2 Å². The third-order valence-electron chi connectivity index (χ3n) is 3.74. The van der Waals surface area contributed by atoms with Crippen LogP contribution in [0.15, 0.2) is 11.2 Å². The number of aromatic nitrogens is 4. The summed E-state index contributed by atoms with van der Waals surface area (Å²) in [6.45, 7) is 8.34. The molecule has 0 amide bonds. The Morgan fingerprint density at radius 1 is 1.28 bits per heavy atom. The number of unbranched alkanes of at least 4 members (excludes halogenated alkanes) is 1. The van der Waals surface area contributed by atoms with Gasteiger partial charge in [-0.25, -0.2) is 9.98 Å². The molecular weight excluding hydrogens is 449 g/mol. The molecule has 0 aliphatic rings. The van der Waals surface area contributed by atoms with Gasteiger partial charge >= 0.3 is 0 Å². The first-order chi connectivity index (χ1) is 11.6. The minimum Gasteiger partial charge on any atom is -0.356 e. The summed E-state index contributed by atoms with van der Waals surface area (Å²) in [6, 6.07) is 0. The zero-order chi connectivity index (χ0) is 17.4. The van der Waals surface area contributed by atoms with Crippen molar-refractivity contribution in [2.75, 3.05) is 6.54 Å². The summed E-state index contributed by atoms with van der Waals surface area (Å²) in [4.78, 5) is 10.4. The Balaban J connectivity index is 0.00000312. The number of thiazole rings is 1. The third-order valence-corrected chi connectivity index (χ3v) is 4.88. The third kappa shape index (κ3) is 6.89. The Morgan fingerprint density at radius 2 is 2.08 bits per heavy atom. The van der Waals surface area contributed by atoms with Gasteiger partial charge in [-0.3, -0.25) is 0 Å². The van der Waals surface area contributed by atoms with E-state index in [9.17, 15) is 0 Å². The van der Waals surface area contributed by atoms with Crippen molar-refractivity contribution in [3.63, 3.8) is 0 Å². The molecule has 140 valence electrons. The smallest absolute Gasteiger partial charge is 0.192 e. The summed E-state index contributed by atoms with van der Waals surface area (Å²) >= 11 is 1.74. The van der Waals surface area contributed by atoms with Crippen LogP contribution in [0.25, 0.3) is 0 Å². The van der Waals surface area contributed by atoms with E-state index in [2.05, 4.69) is 44.7 Å². The number of hydrogen-bond acceptors (Lipinski definition) is 5. The molecule has 0 atom stereocenters. The predicted octanol–water partition coefficient (Wildman–Crippen LogP) is 2.80. The number of nitrogens with zero attached hydrogens (tertiary/aromatic N) is 5. The van der Waals surface area contributed by atoms with Crippen molar-refractivity contribution in [3.05, 3.63) is 27.7 Å². The number of rotatable bonds is 8. The first-order valence-corrected chi connectivity index (χ1v) is 9.26. The van der Waals surface area contributed by atoms with Crippen LogP contribution >= 0.6 is 35.3 Å². The van der Waals surface area contributed by atoms with Crippen molar-refractivity contribution in [1.82, 2.24) is 30.4 Å². The highest BCUT2D eigenvalue weighted by molar-refractivity contribution is 14.0. The van der Waals surface area contributed by atoms with Gasteiger partial charge in [-0.05, 0) is 19.8 Å². The molecule has 0 radical (unpaired) electrons. The molecule has 0 saturated carbocycles. The van der Waals surface area contributed by atoms with Crippen LogP contribution in [0, 0.1) is 6.92 Å². The Bertz CT molecular complexity index is 665. The fourth-order valence-electron chi connectivity index (χ4n) is 2.05. The standard InChI is InChI=1S/C16H27N7S.HI/c1-5-7-8-17-16(19-10-14-22-21-12(3)23(14)4)20-11-15-18-9-13(6-2)24-15;/h9H,5-8,10-11H2,1-4H3,(H2,17,19,20);1H. The van der Waals surface area contributed by atoms with Crippen LogP contribution < -0.4 is 10.6 Å². The van der Waals surface area contributed by atoms with Crippen LogP contribution in [0.4, 0.5) is 0 Å². The van der Waals surface area contributed by atoms with Crippen molar-refractivity contribution >= 4 is 41.3 Å². The van der Waals surface area contributed by atoms with Crippen molar-refractivity contribution < 1.29 is 0 Å². The molecule has 0 unspecified atom stereocenters. The second-order valence-electron chi connectivity index (χ2n) is 5.60. The molecule has 9 heteroatoms. The molecule has 2 rings (SSSR count). The Kier molecular flexibility index (Phi) is 9.94. The predicted molar refractivity (Wildman–Crippen MR) is 114 cm³/mol. The van der Waals surface area contributed by atoms with Gasteiger partial charge in [0.25, 0.3) is 0 Å². The molecule has 2 N–H and O–H groups in total. The van der Waals surface area contributed by atoms with E-state index in [-0.39, 0.29) is 24.0 Å². The van der Waals surface area contributed by atoms with Gasteiger partial charge in [-0.1, -0.05) is 20.3 Å². The van der Waals surface area contributed by atoms with Gasteiger partial charge in [0.1, 0.15) is 17.4 Å². The molecule has 0 aliphatic heterocycles. The van der Waals surface area contributed by atoms with E-state index in [0.29, 0.717) is 13.1 Å². The maximum Gasteiger partial charge on any atom is 0.192 e. The summed E-state index contributed by atoms with van der Waals surface area (Å²) in [5.41, 5.74) is 0. The van der Waals surface area contributed by atoms with E-state index >= 15 is 0 Å². The van der Waals surface area contributed by atoms with Gasteiger partial charge in [0.15, 0.2) is 11.8 Å². The maximum absolute atomic E-state index is 4.63. The van der Waals surface area contributed by atoms with Crippen LogP contribution in [0.2, 0.25) is 0 Å². The fraction of sp³-hybridized carbons (Fsp3) is 0.625. The van der Waals surface area contributed by atoms with Crippen molar-refractivity contribution in [2.24, 2.45) is 12.0 Å². The molecule has 7 nitrogen and oxygen atoms in total. The van der Waals surface area contributed by atoms with Gasteiger partial charge in [0.05, 0.1) is 6.54 Å². The van der Waals surface area contributed by atoms with E-state index in [1.807, 2.05) is 24.7 Å². The summed E-state index contributed by atoms with van der Waals surface area (Å²) in [6.07, 6.45) is 5.24. The van der Waals surface area contributed by atoms with E-state index < -0.39 is 0 Å². The molecule has 0 aromatic carbocycles. The maximum atomic E-state index is 4.63. The Hall–Kier alpha value is -1.23. The van der Waals surface area contributed by atoms with Crippen molar-refractivity contribution in [1.29, 1.82) is 0 Å². The van der Waals surface area contributed by atoms with Gasteiger partial charge in [-0.15, -0.1) is 45.5 Å². The lowest BCUT2D eigenvalue weighted by Crippen LogP contribution is -2.37. The van der Waals surface area contributed by atoms with Crippen LogP contribution in [-0.2, 0) is 26.6 Å². The zero-order valence-electron chi connectivity index (χ0n) is 15.4. The highest BCUT2D eigenvalue weighted by Gasteiger charge is 2.06. The minimum atomic E-state index is 0. The number of aryl methyl sites for hydroxylation is 2. The molecule has 2 aromatic heterocycles. The Morgan fingerprint density at radius 3 is 2.68 bits per heavy atom. The van der Waals surface area contributed by atoms with Gasteiger partial charge in [-0.2, -0.15) is 0 Å². The van der Waals surface area contributed by atoms with E-state index in [4.69, 9.17) is 0 Å². The average Bonchev–Trinajstić information content (AvgIpc) is 3.18. The number of nitrogens with one attached hydrogen (secondary N) is 2. The average molecular weight is 477 g/mol. The highest BCUT2D eigenvalue weighted by atomic mass is 127. The number of aliphatic imine (C=N–C) groups is 1. The second kappa shape index (κ2) is 11.4. The molecule has 0 aliphatic carbocycles. The molecule has 0 fully saturated rings. The largest absolute Gasteiger partial charge is 0.356 e. The normalized spacial score (nSPS) is 11.3. The number of hydrogen-bond donors (Lipinski definition) is 2. The van der Waals surface area contributed by atoms with Crippen LogP contribution in [-0.4, -0.2) is 32.3 Å². The van der Waals surface area contributed by atoms with Crippen LogP contribution in [0.3, 0.4) is 0 Å². The van der Waals surface area contributed by atoms with E-state index in [1.165, 1.54) is 4.88 Å². The fourth-order valence-corrected chi connectivity index (χ4v) is 2.85. The summed E-state index contributed by atoms with van der Waals surface area (Å²) in [5.74, 6) is 2.53. The van der Waals surface area contributed by atoms with Gasteiger partial charge in [0.2, 0.25) is 0 Å². The minimum absolute atomic E-state index is 0. The second-order valence-corrected chi connectivity index (χ2v) is 6.79.